The summed E-state index contributed by atoms with van der Waals surface area (Å²) in [5.41, 5.74) is 0.0851. The number of ether oxygens (including phenoxy) is 1. The molecule has 6 heteroatoms. The van der Waals surface area contributed by atoms with Gasteiger partial charge in [-0.25, -0.2) is 0 Å². The van der Waals surface area contributed by atoms with Crippen molar-refractivity contribution in [1.82, 2.24) is 15.5 Å². The predicted molar refractivity (Wildman–Crippen MR) is 98.1 cm³/mol. The molecule has 0 saturated heterocycles. The van der Waals surface area contributed by atoms with Gasteiger partial charge in [-0.3, -0.25) is 4.79 Å². The number of carbonyl (C=O) groups is 1. The number of carbonyl (C=O) groups excluding carboxylic acids is 1. The molecule has 0 bridgehead atoms. The highest BCUT2D eigenvalue weighted by atomic mass is 16.5. The van der Waals surface area contributed by atoms with Crippen molar-refractivity contribution < 1.29 is 14.1 Å². The van der Waals surface area contributed by atoms with Crippen molar-refractivity contribution in [2.24, 2.45) is 0 Å². The van der Waals surface area contributed by atoms with Crippen LogP contribution in [0.2, 0.25) is 0 Å². The molecule has 1 amide bonds. The highest BCUT2D eigenvalue weighted by Gasteiger charge is 2.41. The summed E-state index contributed by atoms with van der Waals surface area (Å²) >= 11 is 0. The number of rotatable bonds is 8. The van der Waals surface area contributed by atoms with Crippen molar-refractivity contribution in [3.63, 3.8) is 0 Å². The number of benzene rings is 1. The molecule has 6 nitrogen and oxygen atoms in total. The van der Waals surface area contributed by atoms with Gasteiger partial charge in [0, 0.05) is 12.5 Å². The Bertz CT molecular complexity index is 718. The van der Waals surface area contributed by atoms with Gasteiger partial charge in [0.05, 0.1) is 6.61 Å². The van der Waals surface area contributed by atoms with E-state index in [-0.39, 0.29) is 5.91 Å². The van der Waals surface area contributed by atoms with Gasteiger partial charge >= 0.3 is 0 Å². The first-order chi connectivity index (χ1) is 12.6. The Labute approximate surface area is 154 Å². The molecule has 26 heavy (non-hydrogen) atoms. The molecule has 0 spiro atoms. The topological polar surface area (TPSA) is 77.2 Å². The number of unbranched alkanes of at least 4 members (excludes halogenated alkanes) is 2. The summed E-state index contributed by atoms with van der Waals surface area (Å²) < 4.78 is 10.8. The van der Waals surface area contributed by atoms with Gasteiger partial charge in [0.1, 0.15) is 11.3 Å². The number of nitrogens with zero attached hydrogens (tertiary/aromatic N) is 2. The van der Waals surface area contributed by atoms with E-state index in [1.807, 2.05) is 12.1 Å². The first-order valence-corrected chi connectivity index (χ1v) is 9.49. The second kappa shape index (κ2) is 8.34. The minimum absolute atomic E-state index is 0.119. The van der Waals surface area contributed by atoms with E-state index in [4.69, 9.17) is 9.26 Å². The van der Waals surface area contributed by atoms with Crippen LogP contribution in [0.3, 0.4) is 0 Å². The summed E-state index contributed by atoms with van der Waals surface area (Å²) in [6, 6.07) is 7.30. The highest BCUT2D eigenvalue weighted by Crippen LogP contribution is 2.37. The lowest BCUT2D eigenvalue weighted by Crippen LogP contribution is -2.44. The van der Waals surface area contributed by atoms with Crippen LogP contribution in [0, 0.1) is 6.92 Å². The van der Waals surface area contributed by atoms with Gasteiger partial charge in [0.25, 0.3) is 5.91 Å². The summed E-state index contributed by atoms with van der Waals surface area (Å²) in [6.07, 6.45) is 7.12. The molecule has 0 aliphatic heterocycles. The third kappa shape index (κ3) is 4.23. The summed E-state index contributed by atoms with van der Waals surface area (Å²) in [7, 11) is 0. The van der Waals surface area contributed by atoms with Crippen LogP contribution in [-0.4, -0.2) is 22.7 Å². The van der Waals surface area contributed by atoms with Crippen molar-refractivity contribution >= 4 is 5.91 Å². The smallest absolute Gasteiger partial charge is 0.252 e. The van der Waals surface area contributed by atoms with E-state index in [1.165, 1.54) is 6.42 Å². The lowest BCUT2D eigenvalue weighted by atomic mass is 9.96. The van der Waals surface area contributed by atoms with Gasteiger partial charge in [0.2, 0.25) is 5.89 Å². The number of aryl methyl sites for hydroxylation is 1. The maximum atomic E-state index is 12.8. The van der Waals surface area contributed by atoms with Crippen LogP contribution in [-0.2, 0) is 5.54 Å². The average molecular weight is 357 g/mol. The highest BCUT2D eigenvalue weighted by molar-refractivity contribution is 5.94. The zero-order valence-electron chi connectivity index (χ0n) is 15.6. The molecular formula is C20H27N3O3. The largest absolute Gasteiger partial charge is 0.494 e. The van der Waals surface area contributed by atoms with E-state index < -0.39 is 5.54 Å². The van der Waals surface area contributed by atoms with Crippen LogP contribution in [0.25, 0.3) is 0 Å². The predicted octanol–water partition coefficient (Wildman–Crippen LogP) is 4.15. The third-order valence-electron chi connectivity index (χ3n) is 4.90. The molecule has 1 saturated carbocycles. The second-order valence-electron chi connectivity index (χ2n) is 6.96. The Morgan fingerprint density at radius 2 is 1.96 bits per heavy atom. The van der Waals surface area contributed by atoms with Gasteiger partial charge in [0.15, 0.2) is 5.82 Å². The Balaban J connectivity index is 1.65. The first-order valence-electron chi connectivity index (χ1n) is 9.49. The van der Waals surface area contributed by atoms with Gasteiger partial charge in [-0.2, -0.15) is 4.98 Å². The Hall–Kier alpha value is -2.37. The fourth-order valence-corrected chi connectivity index (χ4v) is 3.41. The maximum Gasteiger partial charge on any atom is 0.252 e. The standard InChI is InChI=1S/C20H27N3O3/c1-3-4-7-14-25-17-10-8-16(9-11-17)18(24)22-20(12-5-6-13-20)19-21-15(2)26-23-19/h8-11H,3-7,12-14H2,1-2H3,(H,22,24). The van der Waals surface area contributed by atoms with E-state index in [0.29, 0.717) is 23.9 Å². The quantitative estimate of drug-likeness (QED) is 0.718. The average Bonchev–Trinajstić information content (AvgIpc) is 3.29. The zero-order chi connectivity index (χ0) is 18.4. The molecule has 1 fully saturated rings. The second-order valence-corrected chi connectivity index (χ2v) is 6.96. The molecule has 3 rings (SSSR count). The molecule has 1 aromatic carbocycles. The molecule has 140 valence electrons. The van der Waals surface area contributed by atoms with E-state index in [2.05, 4.69) is 22.4 Å². The summed E-state index contributed by atoms with van der Waals surface area (Å²) in [6.45, 7) is 4.64. The summed E-state index contributed by atoms with van der Waals surface area (Å²) in [5.74, 6) is 1.77. The number of amides is 1. The number of hydrogen-bond donors (Lipinski definition) is 1. The maximum absolute atomic E-state index is 12.8. The van der Waals surface area contributed by atoms with Crippen molar-refractivity contribution in [2.75, 3.05) is 6.61 Å². The molecule has 1 heterocycles. The Morgan fingerprint density at radius 3 is 2.58 bits per heavy atom. The third-order valence-corrected chi connectivity index (χ3v) is 4.90. The van der Waals surface area contributed by atoms with Gasteiger partial charge in [-0.15, -0.1) is 0 Å². The first kappa shape index (κ1) is 18.4. The van der Waals surface area contributed by atoms with Crippen LogP contribution in [0.5, 0.6) is 5.75 Å². The van der Waals surface area contributed by atoms with E-state index in [0.717, 1.165) is 44.3 Å². The van der Waals surface area contributed by atoms with Crippen LogP contribution in [0.4, 0.5) is 0 Å². The van der Waals surface area contributed by atoms with Crippen molar-refractivity contribution in [2.45, 2.75) is 64.3 Å². The molecule has 1 N–H and O–H groups in total. The van der Waals surface area contributed by atoms with Crippen molar-refractivity contribution in [3.8, 4) is 5.75 Å². The summed E-state index contributed by atoms with van der Waals surface area (Å²) in [5, 5.41) is 7.21. The van der Waals surface area contributed by atoms with Gasteiger partial charge in [-0.1, -0.05) is 37.8 Å². The van der Waals surface area contributed by atoms with Gasteiger partial charge in [-0.05, 0) is 43.5 Å². The fraction of sp³-hybridized carbons (Fsp3) is 0.550. The number of nitrogens with one attached hydrogen (secondary N) is 1. The number of hydrogen-bond acceptors (Lipinski definition) is 5. The zero-order valence-corrected chi connectivity index (χ0v) is 15.6. The normalized spacial score (nSPS) is 15.8. The minimum Gasteiger partial charge on any atom is -0.494 e. The SMILES string of the molecule is CCCCCOc1ccc(C(=O)NC2(c3noc(C)n3)CCCC2)cc1. The van der Waals surface area contributed by atoms with E-state index in [1.54, 1.807) is 19.1 Å². The Morgan fingerprint density at radius 1 is 1.23 bits per heavy atom. The van der Waals surface area contributed by atoms with Gasteiger partial charge < -0.3 is 14.6 Å². The number of aromatic nitrogens is 2. The molecule has 0 atom stereocenters. The molecule has 1 aliphatic rings. The van der Waals surface area contributed by atoms with E-state index >= 15 is 0 Å². The van der Waals surface area contributed by atoms with E-state index in [9.17, 15) is 4.79 Å². The molecule has 0 unspecified atom stereocenters. The monoisotopic (exact) mass is 357 g/mol. The molecule has 1 aromatic heterocycles. The fourth-order valence-electron chi connectivity index (χ4n) is 3.41. The van der Waals surface area contributed by atoms with Crippen LogP contribution in [0.1, 0.15) is 73.9 Å². The molecule has 0 radical (unpaired) electrons. The lowest BCUT2D eigenvalue weighted by molar-refractivity contribution is 0.0892. The van der Waals surface area contributed by atoms with Crippen LogP contribution < -0.4 is 10.1 Å². The summed E-state index contributed by atoms with van der Waals surface area (Å²) in [4.78, 5) is 17.1. The van der Waals surface area contributed by atoms with Crippen LogP contribution >= 0.6 is 0 Å². The lowest BCUT2D eigenvalue weighted by Gasteiger charge is -2.26. The van der Waals surface area contributed by atoms with Crippen LogP contribution in [0.15, 0.2) is 28.8 Å². The molecular weight excluding hydrogens is 330 g/mol. The molecule has 2 aromatic rings. The van der Waals surface area contributed by atoms with Crippen molar-refractivity contribution in [3.05, 3.63) is 41.5 Å². The Kier molecular flexibility index (Phi) is 5.91. The van der Waals surface area contributed by atoms with Crippen molar-refractivity contribution in [1.29, 1.82) is 0 Å². The molecule has 1 aliphatic carbocycles. The minimum atomic E-state index is -0.524.